The van der Waals surface area contributed by atoms with Crippen molar-refractivity contribution >= 4 is 27.3 Å². The van der Waals surface area contributed by atoms with Gasteiger partial charge in [-0.3, -0.25) is 0 Å². The second-order valence-corrected chi connectivity index (χ2v) is 6.69. The van der Waals surface area contributed by atoms with Crippen molar-refractivity contribution in [1.29, 1.82) is 0 Å². The van der Waals surface area contributed by atoms with Gasteiger partial charge in [0.1, 0.15) is 0 Å². The summed E-state index contributed by atoms with van der Waals surface area (Å²) in [6.45, 7) is 0.827. The molecule has 3 N–H and O–H groups in total. The van der Waals surface area contributed by atoms with E-state index in [0.29, 0.717) is 16.6 Å². The molecule has 100 valence electrons. The molecule has 0 bridgehead atoms. The van der Waals surface area contributed by atoms with Crippen LogP contribution in [0.1, 0.15) is 25.7 Å². The molecule has 1 saturated carbocycles. The molecule has 0 saturated heterocycles. The quantitative estimate of drug-likeness (QED) is 0.894. The molecule has 0 heterocycles. The number of hydrogen-bond acceptors (Lipinski definition) is 3. The normalized spacial score (nSPS) is 17.0. The van der Waals surface area contributed by atoms with Gasteiger partial charge in [0.05, 0.1) is 15.6 Å². The van der Waals surface area contributed by atoms with Gasteiger partial charge in [0.15, 0.2) is 0 Å². The van der Waals surface area contributed by atoms with E-state index < -0.39 is 10.0 Å². The van der Waals surface area contributed by atoms with E-state index in [1.807, 2.05) is 0 Å². The summed E-state index contributed by atoms with van der Waals surface area (Å²) >= 11 is 6.03. The lowest BCUT2D eigenvalue weighted by Crippen LogP contribution is -2.14. The number of halogens is 1. The Morgan fingerprint density at radius 2 is 2.00 bits per heavy atom. The molecular weight excluding hydrogens is 272 g/mol. The SMILES string of the molecule is NS(=O)(=O)c1ccc(Cl)c(NCC2CCCC2)c1. The van der Waals surface area contributed by atoms with Gasteiger partial charge in [0, 0.05) is 6.54 Å². The van der Waals surface area contributed by atoms with Crippen LogP contribution in [0.4, 0.5) is 5.69 Å². The summed E-state index contributed by atoms with van der Waals surface area (Å²) in [5.41, 5.74) is 0.634. The zero-order chi connectivity index (χ0) is 13.2. The lowest BCUT2D eigenvalue weighted by atomic mass is 10.1. The lowest BCUT2D eigenvalue weighted by Gasteiger charge is -2.13. The van der Waals surface area contributed by atoms with Gasteiger partial charge in [-0.2, -0.15) is 0 Å². The molecule has 0 spiro atoms. The van der Waals surface area contributed by atoms with E-state index in [9.17, 15) is 8.42 Å². The molecule has 1 aromatic rings. The first-order valence-electron chi connectivity index (χ1n) is 6.03. The van der Waals surface area contributed by atoms with Crippen molar-refractivity contribution in [3.63, 3.8) is 0 Å². The Kier molecular flexibility index (Phi) is 4.14. The first kappa shape index (κ1) is 13.6. The zero-order valence-corrected chi connectivity index (χ0v) is 11.6. The first-order chi connectivity index (χ1) is 8.47. The van der Waals surface area contributed by atoms with Crippen molar-refractivity contribution in [2.24, 2.45) is 11.1 Å². The van der Waals surface area contributed by atoms with E-state index in [2.05, 4.69) is 5.32 Å². The lowest BCUT2D eigenvalue weighted by molar-refractivity contribution is 0.579. The number of sulfonamides is 1. The van der Waals surface area contributed by atoms with E-state index in [-0.39, 0.29) is 4.90 Å². The number of primary sulfonamides is 1. The molecular formula is C12H17ClN2O2S. The highest BCUT2D eigenvalue weighted by Gasteiger charge is 2.16. The van der Waals surface area contributed by atoms with Gasteiger partial charge >= 0.3 is 0 Å². The van der Waals surface area contributed by atoms with Crippen molar-refractivity contribution in [2.75, 3.05) is 11.9 Å². The summed E-state index contributed by atoms with van der Waals surface area (Å²) < 4.78 is 22.5. The molecule has 1 fully saturated rings. The van der Waals surface area contributed by atoms with E-state index in [1.54, 1.807) is 6.07 Å². The predicted octanol–water partition coefficient (Wildman–Crippen LogP) is 2.59. The number of anilines is 1. The van der Waals surface area contributed by atoms with Crippen LogP contribution in [-0.4, -0.2) is 15.0 Å². The van der Waals surface area contributed by atoms with Crippen LogP contribution in [0.3, 0.4) is 0 Å². The molecule has 0 amide bonds. The molecule has 0 aromatic heterocycles. The van der Waals surface area contributed by atoms with E-state index in [0.717, 1.165) is 6.54 Å². The van der Waals surface area contributed by atoms with Crippen molar-refractivity contribution in [3.05, 3.63) is 23.2 Å². The fourth-order valence-corrected chi connectivity index (χ4v) is 3.01. The van der Waals surface area contributed by atoms with Crippen LogP contribution < -0.4 is 10.5 Å². The third-order valence-electron chi connectivity index (χ3n) is 3.32. The molecule has 0 atom stereocenters. The number of hydrogen-bond donors (Lipinski definition) is 2. The highest BCUT2D eigenvalue weighted by molar-refractivity contribution is 7.89. The van der Waals surface area contributed by atoms with E-state index in [4.69, 9.17) is 16.7 Å². The topological polar surface area (TPSA) is 72.2 Å². The Morgan fingerprint density at radius 1 is 1.33 bits per heavy atom. The molecule has 1 aliphatic rings. The van der Waals surface area contributed by atoms with Gasteiger partial charge in [-0.25, -0.2) is 13.6 Å². The summed E-state index contributed by atoms with van der Waals surface area (Å²) in [5, 5.41) is 8.83. The summed E-state index contributed by atoms with van der Waals surface area (Å²) in [7, 11) is -3.68. The van der Waals surface area contributed by atoms with Crippen LogP contribution in [0.2, 0.25) is 5.02 Å². The number of benzene rings is 1. The summed E-state index contributed by atoms with van der Waals surface area (Å²) in [4.78, 5) is 0.0841. The van der Waals surface area contributed by atoms with Gasteiger partial charge in [-0.15, -0.1) is 0 Å². The number of rotatable bonds is 4. The highest BCUT2D eigenvalue weighted by atomic mass is 35.5. The molecule has 1 aromatic carbocycles. The Hall–Kier alpha value is -0.780. The maximum atomic E-state index is 11.3. The molecule has 1 aliphatic carbocycles. The Morgan fingerprint density at radius 3 is 2.61 bits per heavy atom. The molecule has 0 radical (unpaired) electrons. The van der Waals surface area contributed by atoms with Crippen molar-refractivity contribution in [3.8, 4) is 0 Å². The average Bonchev–Trinajstić information content (AvgIpc) is 2.79. The second-order valence-electron chi connectivity index (χ2n) is 4.72. The monoisotopic (exact) mass is 288 g/mol. The van der Waals surface area contributed by atoms with Crippen LogP contribution in [0, 0.1) is 5.92 Å². The standard InChI is InChI=1S/C12H17ClN2O2S/c13-11-6-5-10(18(14,16)17)7-12(11)15-8-9-3-1-2-4-9/h5-7,9,15H,1-4,8H2,(H2,14,16,17). The van der Waals surface area contributed by atoms with Crippen LogP contribution in [0.15, 0.2) is 23.1 Å². The Balaban J connectivity index is 2.11. The minimum atomic E-state index is -3.68. The third kappa shape index (κ3) is 3.37. The molecule has 18 heavy (non-hydrogen) atoms. The van der Waals surface area contributed by atoms with Gasteiger partial charge in [-0.05, 0) is 37.0 Å². The maximum absolute atomic E-state index is 11.3. The van der Waals surface area contributed by atoms with Crippen molar-refractivity contribution < 1.29 is 8.42 Å². The highest BCUT2D eigenvalue weighted by Crippen LogP contribution is 2.28. The average molecular weight is 289 g/mol. The van der Waals surface area contributed by atoms with Gasteiger partial charge in [-0.1, -0.05) is 24.4 Å². The summed E-state index contributed by atoms with van der Waals surface area (Å²) in [6, 6.07) is 4.46. The largest absolute Gasteiger partial charge is 0.384 e. The van der Waals surface area contributed by atoms with Crippen LogP contribution in [0.25, 0.3) is 0 Å². The first-order valence-corrected chi connectivity index (χ1v) is 7.95. The van der Waals surface area contributed by atoms with E-state index in [1.165, 1.54) is 37.8 Å². The molecule has 0 unspecified atom stereocenters. The minimum Gasteiger partial charge on any atom is -0.384 e. The summed E-state index contributed by atoms with van der Waals surface area (Å²) in [5.74, 6) is 0.652. The number of nitrogens with one attached hydrogen (secondary N) is 1. The molecule has 4 nitrogen and oxygen atoms in total. The molecule has 2 rings (SSSR count). The van der Waals surface area contributed by atoms with Crippen molar-refractivity contribution in [2.45, 2.75) is 30.6 Å². The predicted molar refractivity (Wildman–Crippen MR) is 73.3 cm³/mol. The number of nitrogens with two attached hydrogens (primary N) is 1. The minimum absolute atomic E-state index is 0.0841. The third-order valence-corrected chi connectivity index (χ3v) is 4.56. The smallest absolute Gasteiger partial charge is 0.238 e. The molecule has 6 heteroatoms. The zero-order valence-electron chi connectivity index (χ0n) is 10.0. The van der Waals surface area contributed by atoms with Crippen LogP contribution in [-0.2, 0) is 10.0 Å². The van der Waals surface area contributed by atoms with Crippen LogP contribution in [0.5, 0.6) is 0 Å². The fraction of sp³-hybridized carbons (Fsp3) is 0.500. The second kappa shape index (κ2) is 5.47. The Labute approximate surface area is 113 Å². The van der Waals surface area contributed by atoms with Gasteiger partial charge < -0.3 is 5.32 Å². The Bertz CT molecular complexity index is 525. The molecule has 0 aliphatic heterocycles. The summed E-state index contributed by atoms with van der Waals surface area (Å²) in [6.07, 6.45) is 4.99. The van der Waals surface area contributed by atoms with Crippen LogP contribution >= 0.6 is 11.6 Å². The fourth-order valence-electron chi connectivity index (χ4n) is 2.29. The van der Waals surface area contributed by atoms with Crippen molar-refractivity contribution in [1.82, 2.24) is 0 Å². The van der Waals surface area contributed by atoms with Gasteiger partial charge in [0.25, 0.3) is 0 Å². The maximum Gasteiger partial charge on any atom is 0.238 e. The van der Waals surface area contributed by atoms with E-state index >= 15 is 0 Å². The van der Waals surface area contributed by atoms with Gasteiger partial charge in [0.2, 0.25) is 10.0 Å².